The molecule has 0 saturated carbocycles. The Hall–Kier alpha value is -3.01. The minimum absolute atomic E-state index is 0.00978. The van der Waals surface area contributed by atoms with Crippen molar-refractivity contribution in [1.29, 1.82) is 0 Å². The number of nitrogens with zero attached hydrogens (tertiary/aromatic N) is 2. The molecule has 1 aromatic rings. The summed E-state index contributed by atoms with van der Waals surface area (Å²) in [4.78, 5) is 40.5. The number of nitrogens with two attached hydrogens (primary N) is 1. The second kappa shape index (κ2) is 11.6. The Labute approximate surface area is 205 Å². The summed E-state index contributed by atoms with van der Waals surface area (Å²) in [5.41, 5.74) is 9.28. The summed E-state index contributed by atoms with van der Waals surface area (Å²) in [6, 6.07) is 7.52. The van der Waals surface area contributed by atoms with Gasteiger partial charge in [-0.15, -0.1) is 0 Å². The average Bonchev–Trinajstić information content (AvgIpc) is 3.20. The fourth-order valence-corrected chi connectivity index (χ4v) is 4.72. The van der Waals surface area contributed by atoms with Gasteiger partial charge < -0.3 is 24.8 Å². The Balaban J connectivity index is 1.35. The lowest BCUT2D eigenvalue weighted by molar-refractivity contribution is -0.142. The van der Waals surface area contributed by atoms with Gasteiger partial charge in [0.05, 0.1) is 33.0 Å². The van der Waals surface area contributed by atoms with Crippen LogP contribution in [0.4, 0.5) is 0 Å². The van der Waals surface area contributed by atoms with Crippen LogP contribution in [0.2, 0.25) is 0 Å². The van der Waals surface area contributed by atoms with Crippen molar-refractivity contribution in [3.05, 3.63) is 58.7 Å². The molecule has 35 heavy (non-hydrogen) atoms. The van der Waals surface area contributed by atoms with Crippen LogP contribution in [0, 0.1) is 0 Å². The number of benzene rings is 1. The van der Waals surface area contributed by atoms with Crippen molar-refractivity contribution in [2.45, 2.75) is 44.6 Å². The van der Waals surface area contributed by atoms with Gasteiger partial charge in [-0.1, -0.05) is 36.4 Å². The number of ether oxygens (including phenoxy) is 3. The molecule has 2 heterocycles. The zero-order valence-electron chi connectivity index (χ0n) is 20.1. The van der Waals surface area contributed by atoms with Crippen LogP contribution in [0.3, 0.4) is 0 Å². The van der Waals surface area contributed by atoms with E-state index in [9.17, 15) is 14.4 Å². The second-order valence-corrected chi connectivity index (χ2v) is 9.05. The molecule has 9 nitrogen and oxygen atoms in total. The van der Waals surface area contributed by atoms with E-state index < -0.39 is 17.9 Å². The molecule has 9 heteroatoms. The number of esters is 1. The lowest BCUT2D eigenvalue weighted by Crippen LogP contribution is -2.46. The van der Waals surface area contributed by atoms with Crippen LogP contribution < -0.4 is 5.73 Å². The van der Waals surface area contributed by atoms with Gasteiger partial charge in [-0.3, -0.25) is 19.3 Å². The van der Waals surface area contributed by atoms with Crippen LogP contribution in [-0.2, 0) is 41.7 Å². The maximum absolute atomic E-state index is 13.0. The molecule has 2 N–H and O–H groups in total. The van der Waals surface area contributed by atoms with E-state index in [0.717, 1.165) is 44.0 Å². The largest absolute Gasteiger partial charge is 0.469 e. The van der Waals surface area contributed by atoms with Gasteiger partial charge in [0.25, 0.3) is 5.91 Å². The molecule has 0 radical (unpaired) electrons. The summed E-state index contributed by atoms with van der Waals surface area (Å²) >= 11 is 0. The van der Waals surface area contributed by atoms with Gasteiger partial charge >= 0.3 is 5.97 Å². The summed E-state index contributed by atoms with van der Waals surface area (Å²) in [7, 11) is 1.29. The van der Waals surface area contributed by atoms with Crippen LogP contribution in [0.15, 0.2) is 47.6 Å². The standard InChI is InChI=1S/C26H33N3O6/c1-33-24(30)10-9-22(25(27)31)29-16-21-20(26(29)32)3-2-4-23(21)35-17-19-7-5-18(6-8-19)15-28-11-13-34-14-12-28/h2-3,5-8,22-23H,4,9-17H2,1H3,(H2,27,31). The number of carbonyl (C=O) groups is 3. The van der Waals surface area contributed by atoms with Crippen molar-refractivity contribution >= 4 is 17.8 Å². The maximum Gasteiger partial charge on any atom is 0.305 e. The molecule has 1 fully saturated rings. The van der Waals surface area contributed by atoms with Crippen LogP contribution in [0.25, 0.3) is 0 Å². The van der Waals surface area contributed by atoms with E-state index in [4.69, 9.17) is 15.2 Å². The first kappa shape index (κ1) is 25.1. The predicted octanol–water partition coefficient (Wildman–Crippen LogP) is 1.31. The van der Waals surface area contributed by atoms with Gasteiger partial charge in [-0.25, -0.2) is 0 Å². The third kappa shape index (κ3) is 6.17. The smallest absolute Gasteiger partial charge is 0.305 e. The van der Waals surface area contributed by atoms with Crippen LogP contribution in [-0.4, -0.2) is 79.7 Å². The zero-order chi connectivity index (χ0) is 24.8. The first-order valence-corrected chi connectivity index (χ1v) is 12.0. The monoisotopic (exact) mass is 483 g/mol. The third-order valence-corrected chi connectivity index (χ3v) is 6.74. The lowest BCUT2D eigenvalue weighted by Gasteiger charge is -2.27. The Morgan fingerprint density at radius 2 is 1.89 bits per heavy atom. The highest BCUT2D eigenvalue weighted by Gasteiger charge is 2.40. The van der Waals surface area contributed by atoms with Crippen molar-refractivity contribution in [3.8, 4) is 0 Å². The Morgan fingerprint density at radius 1 is 1.17 bits per heavy atom. The lowest BCUT2D eigenvalue weighted by atomic mass is 9.97. The molecule has 2 atom stereocenters. The molecule has 2 unspecified atom stereocenters. The SMILES string of the molecule is COC(=O)CCC(C(N)=O)N1CC2=C(C=CCC2OCc2ccc(CN3CCOCC3)cc2)C1=O. The van der Waals surface area contributed by atoms with E-state index in [-0.39, 0.29) is 31.4 Å². The molecule has 1 aromatic carbocycles. The minimum atomic E-state index is -0.875. The van der Waals surface area contributed by atoms with Gasteiger partial charge in [-0.05, 0) is 29.5 Å². The number of carbonyl (C=O) groups excluding carboxylic acids is 3. The topological polar surface area (TPSA) is 111 Å². The van der Waals surface area contributed by atoms with Crippen molar-refractivity contribution < 1.29 is 28.6 Å². The fraction of sp³-hybridized carbons (Fsp3) is 0.500. The highest BCUT2D eigenvalue weighted by atomic mass is 16.5. The number of rotatable bonds is 10. The number of morpholine rings is 1. The Morgan fingerprint density at radius 3 is 2.57 bits per heavy atom. The Bertz CT molecular complexity index is 997. The zero-order valence-corrected chi connectivity index (χ0v) is 20.1. The third-order valence-electron chi connectivity index (χ3n) is 6.74. The van der Waals surface area contributed by atoms with Crippen LogP contribution in [0.5, 0.6) is 0 Å². The van der Waals surface area contributed by atoms with Crippen LogP contribution >= 0.6 is 0 Å². The van der Waals surface area contributed by atoms with Crippen molar-refractivity contribution in [2.75, 3.05) is 40.0 Å². The molecule has 2 amide bonds. The van der Waals surface area contributed by atoms with E-state index in [0.29, 0.717) is 18.6 Å². The summed E-state index contributed by atoms with van der Waals surface area (Å²) < 4.78 is 16.3. The van der Waals surface area contributed by atoms with Crippen molar-refractivity contribution in [2.24, 2.45) is 5.73 Å². The van der Waals surface area contributed by atoms with Gasteiger partial charge in [0.1, 0.15) is 6.04 Å². The van der Waals surface area contributed by atoms with Crippen LogP contribution in [0.1, 0.15) is 30.4 Å². The summed E-state index contributed by atoms with van der Waals surface area (Å²) in [6.07, 6.45) is 4.24. The molecule has 1 saturated heterocycles. The molecule has 0 aromatic heterocycles. The molecule has 4 rings (SSSR count). The summed E-state index contributed by atoms with van der Waals surface area (Å²) in [5, 5.41) is 0. The molecule has 3 aliphatic rings. The van der Waals surface area contributed by atoms with Crippen molar-refractivity contribution in [1.82, 2.24) is 9.80 Å². The average molecular weight is 484 g/mol. The maximum atomic E-state index is 13.0. The van der Waals surface area contributed by atoms with Gasteiger partial charge in [0.15, 0.2) is 0 Å². The molecule has 2 aliphatic heterocycles. The minimum Gasteiger partial charge on any atom is -0.469 e. The number of amides is 2. The molecular weight excluding hydrogens is 450 g/mol. The van der Waals surface area contributed by atoms with E-state index in [1.54, 1.807) is 6.08 Å². The summed E-state index contributed by atoms with van der Waals surface area (Å²) in [5.74, 6) is -1.34. The van der Waals surface area contributed by atoms with Gasteiger partial charge in [0, 0.05) is 38.2 Å². The number of hydrogen-bond donors (Lipinski definition) is 1. The molecule has 188 valence electrons. The number of methoxy groups -OCH3 is 1. The molecule has 1 aliphatic carbocycles. The molecular formula is C26H33N3O6. The molecule has 0 bridgehead atoms. The second-order valence-electron chi connectivity index (χ2n) is 9.05. The first-order chi connectivity index (χ1) is 17.0. The Kier molecular flexibility index (Phi) is 8.33. The predicted molar refractivity (Wildman–Crippen MR) is 128 cm³/mol. The molecule has 0 spiro atoms. The van der Waals surface area contributed by atoms with E-state index in [1.807, 2.05) is 6.08 Å². The van der Waals surface area contributed by atoms with Crippen molar-refractivity contribution in [3.63, 3.8) is 0 Å². The fourth-order valence-electron chi connectivity index (χ4n) is 4.72. The first-order valence-electron chi connectivity index (χ1n) is 12.0. The normalized spacial score (nSPS) is 21.2. The number of primary amides is 1. The summed E-state index contributed by atoms with van der Waals surface area (Å²) in [6.45, 7) is 5.05. The quantitative estimate of drug-likeness (QED) is 0.500. The van der Waals surface area contributed by atoms with E-state index in [2.05, 4.69) is 33.9 Å². The highest BCUT2D eigenvalue weighted by Crippen LogP contribution is 2.32. The van der Waals surface area contributed by atoms with E-state index in [1.165, 1.54) is 17.6 Å². The highest BCUT2D eigenvalue weighted by molar-refractivity contribution is 6.02. The van der Waals surface area contributed by atoms with E-state index >= 15 is 0 Å². The van der Waals surface area contributed by atoms with Gasteiger partial charge in [-0.2, -0.15) is 0 Å². The van der Waals surface area contributed by atoms with Gasteiger partial charge in [0.2, 0.25) is 5.91 Å². The number of hydrogen-bond acceptors (Lipinski definition) is 7.